The molecule has 0 aromatic heterocycles. The van der Waals surface area contributed by atoms with E-state index in [0.717, 1.165) is 26.1 Å². The van der Waals surface area contributed by atoms with Gasteiger partial charge in [0, 0.05) is 20.3 Å². The summed E-state index contributed by atoms with van der Waals surface area (Å²) >= 11 is 0. The van der Waals surface area contributed by atoms with Gasteiger partial charge in [0.15, 0.2) is 0 Å². The molecule has 1 aromatic carbocycles. The Hall–Kier alpha value is -0.860. The third-order valence-electron chi connectivity index (χ3n) is 2.94. The molecule has 2 nitrogen and oxygen atoms in total. The Kier molecular flexibility index (Phi) is 6.12. The topological polar surface area (TPSA) is 21.3 Å². The lowest BCUT2D eigenvalue weighted by molar-refractivity contribution is 0.187. The van der Waals surface area contributed by atoms with Crippen molar-refractivity contribution in [2.24, 2.45) is 0 Å². The van der Waals surface area contributed by atoms with E-state index in [9.17, 15) is 0 Å². The van der Waals surface area contributed by atoms with E-state index in [1.165, 1.54) is 11.1 Å². The molecule has 1 rings (SSSR count). The molecule has 1 N–H and O–H groups in total. The van der Waals surface area contributed by atoms with E-state index in [1.54, 1.807) is 7.11 Å². The predicted octanol–water partition coefficient (Wildman–Crippen LogP) is 2.72. The molecule has 0 aliphatic heterocycles. The summed E-state index contributed by atoms with van der Waals surface area (Å²) in [4.78, 5) is 0. The highest BCUT2D eigenvalue weighted by Gasteiger charge is 2.12. The number of methoxy groups -OCH3 is 1. The molecule has 0 amide bonds. The minimum absolute atomic E-state index is 0.557. The fourth-order valence-electron chi connectivity index (χ4n) is 1.99. The number of hydrogen-bond donors (Lipinski definition) is 1. The molecule has 1 unspecified atom stereocenters. The molecule has 0 saturated carbocycles. The van der Waals surface area contributed by atoms with Gasteiger partial charge in [-0.1, -0.05) is 31.2 Å². The molecule has 0 saturated heterocycles. The first-order valence-corrected chi connectivity index (χ1v) is 6.04. The van der Waals surface area contributed by atoms with Gasteiger partial charge in [0.25, 0.3) is 0 Å². The van der Waals surface area contributed by atoms with Crippen LogP contribution < -0.4 is 5.32 Å². The summed E-state index contributed by atoms with van der Waals surface area (Å²) in [5, 5.41) is 3.43. The molecular formula is C14H23NO. The van der Waals surface area contributed by atoms with Gasteiger partial charge >= 0.3 is 0 Å². The van der Waals surface area contributed by atoms with Crippen molar-refractivity contribution in [1.82, 2.24) is 5.32 Å². The number of aryl methyl sites for hydroxylation is 1. The number of nitrogens with one attached hydrogen (secondary N) is 1. The zero-order chi connectivity index (χ0) is 11.8. The first-order valence-electron chi connectivity index (χ1n) is 6.04. The van der Waals surface area contributed by atoms with Crippen LogP contribution >= 0.6 is 0 Å². The van der Waals surface area contributed by atoms with Crippen LogP contribution in [0, 0.1) is 6.92 Å². The Morgan fingerprint density at radius 2 is 2.06 bits per heavy atom. The summed E-state index contributed by atoms with van der Waals surface area (Å²) in [7, 11) is 1.77. The second-order valence-electron chi connectivity index (χ2n) is 4.14. The summed E-state index contributed by atoms with van der Waals surface area (Å²) in [5.41, 5.74) is 2.82. The van der Waals surface area contributed by atoms with E-state index in [1.807, 2.05) is 0 Å². The molecule has 0 aliphatic carbocycles. The highest BCUT2D eigenvalue weighted by atomic mass is 16.5. The average Bonchev–Trinajstić information content (AvgIpc) is 2.31. The van der Waals surface area contributed by atoms with Crippen LogP contribution in [-0.4, -0.2) is 26.8 Å². The molecule has 0 spiro atoms. The van der Waals surface area contributed by atoms with Crippen LogP contribution in [-0.2, 0) is 4.74 Å². The second-order valence-corrected chi connectivity index (χ2v) is 4.14. The van der Waals surface area contributed by atoms with E-state index in [-0.39, 0.29) is 0 Å². The molecule has 1 aromatic rings. The van der Waals surface area contributed by atoms with Crippen LogP contribution in [0.15, 0.2) is 24.3 Å². The van der Waals surface area contributed by atoms with Crippen molar-refractivity contribution in [3.8, 4) is 0 Å². The van der Waals surface area contributed by atoms with Gasteiger partial charge in [-0.25, -0.2) is 0 Å². The predicted molar refractivity (Wildman–Crippen MR) is 69.0 cm³/mol. The average molecular weight is 221 g/mol. The smallest absolute Gasteiger partial charge is 0.0468 e. The first kappa shape index (κ1) is 13.2. The van der Waals surface area contributed by atoms with Crippen LogP contribution in [0.2, 0.25) is 0 Å². The first-order chi connectivity index (χ1) is 7.79. The molecule has 90 valence electrons. The van der Waals surface area contributed by atoms with Crippen molar-refractivity contribution in [2.45, 2.75) is 26.2 Å². The number of benzene rings is 1. The largest absolute Gasteiger partial charge is 0.385 e. The Bertz CT molecular complexity index is 291. The van der Waals surface area contributed by atoms with Crippen LogP contribution in [0.5, 0.6) is 0 Å². The second kappa shape index (κ2) is 7.42. The van der Waals surface area contributed by atoms with Gasteiger partial charge in [0.05, 0.1) is 0 Å². The third-order valence-corrected chi connectivity index (χ3v) is 2.94. The SMILES string of the molecule is CCNCC(CCOC)c1ccccc1C. The van der Waals surface area contributed by atoms with Crippen molar-refractivity contribution in [1.29, 1.82) is 0 Å². The maximum absolute atomic E-state index is 5.19. The summed E-state index contributed by atoms with van der Waals surface area (Å²) in [5.74, 6) is 0.557. The third kappa shape index (κ3) is 3.95. The van der Waals surface area contributed by atoms with E-state index in [4.69, 9.17) is 4.74 Å². The monoisotopic (exact) mass is 221 g/mol. The van der Waals surface area contributed by atoms with Crippen molar-refractivity contribution in [2.75, 3.05) is 26.8 Å². The number of rotatable bonds is 7. The molecule has 0 bridgehead atoms. The minimum atomic E-state index is 0.557. The van der Waals surface area contributed by atoms with Gasteiger partial charge in [0.1, 0.15) is 0 Å². The summed E-state index contributed by atoms with van der Waals surface area (Å²) < 4.78 is 5.19. The van der Waals surface area contributed by atoms with Gasteiger partial charge < -0.3 is 10.1 Å². The Morgan fingerprint density at radius 1 is 1.31 bits per heavy atom. The zero-order valence-electron chi connectivity index (χ0n) is 10.6. The quantitative estimate of drug-likeness (QED) is 0.764. The van der Waals surface area contributed by atoms with Crippen LogP contribution in [0.25, 0.3) is 0 Å². The fourth-order valence-corrected chi connectivity index (χ4v) is 1.99. The lowest BCUT2D eigenvalue weighted by Crippen LogP contribution is -2.22. The Labute approximate surface area is 99.0 Å². The zero-order valence-corrected chi connectivity index (χ0v) is 10.6. The van der Waals surface area contributed by atoms with E-state index < -0.39 is 0 Å². The van der Waals surface area contributed by atoms with Gasteiger partial charge in [-0.2, -0.15) is 0 Å². The number of likely N-dealkylation sites (N-methyl/N-ethyl adjacent to an activating group) is 1. The molecule has 0 fully saturated rings. The van der Waals surface area contributed by atoms with Crippen LogP contribution in [0.3, 0.4) is 0 Å². The van der Waals surface area contributed by atoms with Crippen molar-refractivity contribution >= 4 is 0 Å². The minimum Gasteiger partial charge on any atom is -0.385 e. The van der Waals surface area contributed by atoms with Crippen molar-refractivity contribution < 1.29 is 4.74 Å². The highest BCUT2D eigenvalue weighted by Crippen LogP contribution is 2.22. The molecule has 2 heteroatoms. The summed E-state index contributed by atoms with van der Waals surface area (Å²) in [6, 6.07) is 8.63. The fraction of sp³-hybridized carbons (Fsp3) is 0.571. The number of hydrogen-bond acceptors (Lipinski definition) is 2. The standard InChI is InChI=1S/C14H23NO/c1-4-15-11-13(9-10-16-3)14-8-6-5-7-12(14)2/h5-8,13,15H,4,9-11H2,1-3H3. The Morgan fingerprint density at radius 3 is 2.69 bits per heavy atom. The maximum Gasteiger partial charge on any atom is 0.0468 e. The summed E-state index contributed by atoms with van der Waals surface area (Å²) in [6.07, 6.45) is 1.08. The maximum atomic E-state index is 5.19. The van der Waals surface area contributed by atoms with E-state index >= 15 is 0 Å². The van der Waals surface area contributed by atoms with Crippen molar-refractivity contribution in [3.63, 3.8) is 0 Å². The van der Waals surface area contributed by atoms with Gasteiger partial charge in [-0.15, -0.1) is 0 Å². The molecule has 0 aliphatic rings. The van der Waals surface area contributed by atoms with Crippen LogP contribution in [0.4, 0.5) is 0 Å². The summed E-state index contributed by atoms with van der Waals surface area (Å²) in [6.45, 7) is 7.21. The molecule has 0 radical (unpaired) electrons. The van der Waals surface area contributed by atoms with Gasteiger partial charge in [-0.3, -0.25) is 0 Å². The Balaban J connectivity index is 2.70. The molecule has 16 heavy (non-hydrogen) atoms. The lowest BCUT2D eigenvalue weighted by atomic mass is 9.92. The normalized spacial score (nSPS) is 12.7. The highest BCUT2D eigenvalue weighted by molar-refractivity contribution is 5.29. The van der Waals surface area contributed by atoms with E-state index in [0.29, 0.717) is 5.92 Å². The number of ether oxygens (including phenoxy) is 1. The lowest BCUT2D eigenvalue weighted by Gasteiger charge is -2.19. The molecule has 1 atom stereocenters. The molecular weight excluding hydrogens is 198 g/mol. The van der Waals surface area contributed by atoms with Crippen LogP contribution in [0.1, 0.15) is 30.4 Å². The van der Waals surface area contributed by atoms with Crippen molar-refractivity contribution in [3.05, 3.63) is 35.4 Å². The van der Waals surface area contributed by atoms with Gasteiger partial charge in [-0.05, 0) is 36.9 Å². The van der Waals surface area contributed by atoms with E-state index in [2.05, 4.69) is 43.4 Å². The molecule has 0 heterocycles. The van der Waals surface area contributed by atoms with Gasteiger partial charge in [0.2, 0.25) is 0 Å².